The average Bonchev–Trinajstić information content (AvgIpc) is 2.41. The van der Waals surface area contributed by atoms with Crippen molar-refractivity contribution in [2.45, 2.75) is 0 Å². The van der Waals surface area contributed by atoms with E-state index in [1.165, 1.54) is 0 Å². The van der Waals surface area contributed by atoms with Gasteiger partial charge in [0.2, 0.25) is 0 Å². The molecule has 0 unspecified atom stereocenters. The quantitative estimate of drug-likeness (QED) is 0.752. The lowest BCUT2D eigenvalue weighted by Gasteiger charge is -2.04. The van der Waals surface area contributed by atoms with Gasteiger partial charge in [-0.15, -0.1) is 5.10 Å². The largest absolute Gasteiger partial charge is 0.327 e. The Morgan fingerprint density at radius 3 is 2.89 bits per heavy atom. The lowest BCUT2D eigenvalue weighted by Crippen LogP contribution is -2.05. The maximum Gasteiger partial charge on any atom is 0.262 e. The van der Waals surface area contributed by atoms with E-state index < -0.39 is 0 Å². The summed E-state index contributed by atoms with van der Waals surface area (Å²) in [6.45, 7) is 0. The van der Waals surface area contributed by atoms with Crippen LogP contribution in [0.1, 0.15) is 0 Å². The maximum absolute atomic E-state index is 11.3. The molecule has 3 rings (SSSR count). The lowest BCUT2D eigenvalue weighted by molar-refractivity contribution is 1.05. The highest BCUT2D eigenvalue weighted by Gasteiger charge is 2.07. The second-order valence-electron chi connectivity index (χ2n) is 3.85. The number of aromatic amines is 1. The number of aromatic nitrogens is 3. The number of hydrogen-bond acceptors (Lipinski definition) is 3. The Morgan fingerprint density at radius 1 is 1.22 bits per heavy atom. The third-order valence-electron chi connectivity index (χ3n) is 2.70. The van der Waals surface area contributed by atoms with Crippen LogP contribution in [0.5, 0.6) is 0 Å². The Labute approximate surface area is 111 Å². The van der Waals surface area contributed by atoms with E-state index in [2.05, 4.69) is 31.1 Å². The second-order valence-corrected chi connectivity index (χ2v) is 4.70. The summed E-state index contributed by atoms with van der Waals surface area (Å²) in [6.07, 6.45) is 3.36. The van der Waals surface area contributed by atoms with Gasteiger partial charge in [-0.2, -0.15) is 5.10 Å². The minimum atomic E-state index is -0.160. The maximum atomic E-state index is 11.3. The van der Waals surface area contributed by atoms with Gasteiger partial charge in [0.25, 0.3) is 5.56 Å². The van der Waals surface area contributed by atoms with Crippen LogP contribution in [-0.4, -0.2) is 15.2 Å². The van der Waals surface area contributed by atoms with Crippen molar-refractivity contribution in [2.75, 3.05) is 0 Å². The Hall–Kier alpha value is -2.01. The van der Waals surface area contributed by atoms with Gasteiger partial charge in [-0.05, 0) is 22.0 Å². The molecule has 0 spiro atoms. The molecular formula is C13H8BrN3O. The zero-order chi connectivity index (χ0) is 12.5. The first-order valence-corrected chi connectivity index (χ1v) is 6.14. The molecule has 0 saturated heterocycles. The van der Waals surface area contributed by atoms with Crippen LogP contribution < -0.4 is 5.56 Å². The molecule has 0 aliphatic carbocycles. The fourth-order valence-corrected chi connectivity index (χ4v) is 2.19. The lowest BCUT2D eigenvalue weighted by atomic mass is 10.1. The van der Waals surface area contributed by atoms with Gasteiger partial charge in [-0.25, -0.2) is 0 Å². The summed E-state index contributed by atoms with van der Waals surface area (Å²) in [5.41, 5.74) is 1.42. The molecule has 5 heteroatoms. The van der Waals surface area contributed by atoms with Gasteiger partial charge in [0.15, 0.2) is 0 Å². The van der Waals surface area contributed by atoms with Crippen molar-refractivity contribution in [1.82, 2.24) is 15.2 Å². The fourth-order valence-electron chi connectivity index (χ4n) is 1.83. The van der Waals surface area contributed by atoms with Gasteiger partial charge in [0, 0.05) is 22.5 Å². The number of rotatable bonds is 1. The number of nitrogens with zero attached hydrogens (tertiary/aromatic N) is 2. The molecule has 1 N–H and O–H groups in total. The molecule has 0 fully saturated rings. The van der Waals surface area contributed by atoms with E-state index in [0.717, 1.165) is 22.0 Å². The minimum absolute atomic E-state index is 0.160. The number of pyridine rings is 1. The van der Waals surface area contributed by atoms with Gasteiger partial charge in [-0.3, -0.25) is 4.79 Å². The van der Waals surface area contributed by atoms with Gasteiger partial charge in [-0.1, -0.05) is 24.3 Å². The van der Waals surface area contributed by atoms with Crippen molar-refractivity contribution in [3.05, 3.63) is 57.6 Å². The smallest absolute Gasteiger partial charge is 0.262 e. The molecule has 0 aliphatic heterocycles. The molecule has 0 radical (unpaired) electrons. The van der Waals surface area contributed by atoms with Gasteiger partial charge in [0.1, 0.15) is 5.69 Å². The van der Waals surface area contributed by atoms with E-state index in [9.17, 15) is 4.79 Å². The van der Waals surface area contributed by atoms with E-state index in [1.54, 1.807) is 18.5 Å². The molecule has 0 saturated carbocycles. The number of hydrogen-bond donors (Lipinski definition) is 1. The highest BCUT2D eigenvalue weighted by atomic mass is 79.9. The Balaban J connectivity index is 2.31. The zero-order valence-corrected chi connectivity index (χ0v) is 10.8. The van der Waals surface area contributed by atoms with Crippen LogP contribution in [0, 0.1) is 0 Å². The van der Waals surface area contributed by atoms with Crippen LogP contribution >= 0.6 is 15.9 Å². The van der Waals surface area contributed by atoms with Crippen molar-refractivity contribution in [3.8, 4) is 11.3 Å². The molecular weight excluding hydrogens is 294 g/mol. The third kappa shape index (κ3) is 1.82. The SMILES string of the molecule is O=c1[nH]cc(-c2nncc3ccccc23)cc1Br. The summed E-state index contributed by atoms with van der Waals surface area (Å²) in [7, 11) is 0. The summed E-state index contributed by atoms with van der Waals surface area (Å²) in [4.78, 5) is 14.0. The predicted octanol–water partition coefficient (Wildman–Crippen LogP) is 2.75. The Kier molecular flexibility index (Phi) is 2.68. The van der Waals surface area contributed by atoms with E-state index in [1.807, 2.05) is 24.3 Å². The van der Waals surface area contributed by atoms with Crippen molar-refractivity contribution in [3.63, 3.8) is 0 Å². The molecule has 18 heavy (non-hydrogen) atoms. The third-order valence-corrected chi connectivity index (χ3v) is 3.29. The minimum Gasteiger partial charge on any atom is -0.327 e. The first kappa shape index (κ1) is 11.1. The van der Waals surface area contributed by atoms with Crippen molar-refractivity contribution < 1.29 is 0 Å². The van der Waals surface area contributed by atoms with E-state index >= 15 is 0 Å². The van der Waals surface area contributed by atoms with Crippen molar-refractivity contribution in [1.29, 1.82) is 0 Å². The molecule has 1 aromatic carbocycles. The molecule has 0 aliphatic rings. The average molecular weight is 302 g/mol. The monoisotopic (exact) mass is 301 g/mol. The first-order valence-electron chi connectivity index (χ1n) is 5.35. The molecule has 2 aromatic heterocycles. The molecule has 0 bridgehead atoms. The fraction of sp³-hybridized carbons (Fsp3) is 0. The number of halogens is 1. The molecule has 3 aromatic rings. The second kappa shape index (κ2) is 4.34. The van der Waals surface area contributed by atoms with Crippen LogP contribution in [0.3, 0.4) is 0 Å². The van der Waals surface area contributed by atoms with Gasteiger partial charge in [0.05, 0.1) is 10.7 Å². The van der Waals surface area contributed by atoms with Crippen molar-refractivity contribution in [2.24, 2.45) is 0 Å². The van der Waals surface area contributed by atoms with E-state index in [-0.39, 0.29) is 5.56 Å². The van der Waals surface area contributed by atoms with Crippen LogP contribution in [0.25, 0.3) is 22.0 Å². The van der Waals surface area contributed by atoms with Gasteiger partial charge < -0.3 is 4.98 Å². The number of nitrogens with one attached hydrogen (secondary N) is 1. The molecule has 0 atom stereocenters. The topological polar surface area (TPSA) is 58.6 Å². The molecule has 88 valence electrons. The summed E-state index contributed by atoms with van der Waals surface area (Å²) in [6, 6.07) is 9.62. The number of fused-ring (bicyclic) bond motifs is 1. The number of H-pyrrole nitrogens is 1. The summed E-state index contributed by atoms with van der Waals surface area (Å²) in [5, 5.41) is 10.2. The van der Waals surface area contributed by atoms with Crippen molar-refractivity contribution >= 4 is 26.7 Å². The van der Waals surface area contributed by atoms with Crippen LogP contribution in [0.15, 0.2) is 52.0 Å². The van der Waals surface area contributed by atoms with Crippen LogP contribution in [0.4, 0.5) is 0 Å². The molecule has 4 nitrogen and oxygen atoms in total. The van der Waals surface area contributed by atoms with Crippen LogP contribution in [-0.2, 0) is 0 Å². The summed E-state index contributed by atoms with van der Waals surface area (Å²) < 4.78 is 0.481. The standard InChI is InChI=1S/C13H8BrN3O/c14-11-5-9(6-15-13(11)18)12-10-4-2-1-3-8(10)7-16-17-12/h1-7H,(H,15,18). The molecule has 0 amide bonds. The predicted molar refractivity (Wildman–Crippen MR) is 73.3 cm³/mol. The normalized spacial score (nSPS) is 10.7. The van der Waals surface area contributed by atoms with Gasteiger partial charge >= 0.3 is 0 Å². The zero-order valence-electron chi connectivity index (χ0n) is 9.22. The first-order chi connectivity index (χ1) is 8.75. The summed E-state index contributed by atoms with van der Waals surface area (Å²) in [5.74, 6) is 0. The Morgan fingerprint density at radius 2 is 2.06 bits per heavy atom. The van der Waals surface area contributed by atoms with Crippen LogP contribution in [0.2, 0.25) is 0 Å². The highest BCUT2D eigenvalue weighted by Crippen LogP contribution is 2.25. The Bertz CT molecular complexity index is 777. The molecule has 2 heterocycles. The summed E-state index contributed by atoms with van der Waals surface area (Å²) >= 11 is 3.22. The van der Waals surface area contributed by atoms with E-state index in [0.29, 0.717) is 4.47 Å². The highest BCUT2D eigenvalue weighted by molar-refractivity contribution is 9.10. The number of benzene rings is 1. The van der Waals surface area contributed by atoms with E-state index in [4.69, 9.17) is 0 Å².